The number of nitrogens with one attached hydrogen (secondary N) is 1. The Morgan fingerprint density at radius 2 is 2.14 bits per heavy atom. The molecule has 2 N–H and O–H groups in total. The van der Waals surface area contributed by atoms with Gasteiger partial charge in [0.15, 0.2) is 0 Å². The summed E-state index contributed by atoms with van der Waals surface area (Å²) in [7, 11) is 0. The van der Waals surface area contributed by atoms with E-state index < -0.39 is 11.9 Å². The van der Waals surface area contributed by atoms with Crippen LogP contribution in [0.2, 0.25) is 0 Å². The van der Waals surface area contributed by atoms with Crippen LogP contribution in [0.3, 0.4) is 0 Å². The van der Waals surface area contributed by atoms with Crippen LogP contribution in [0.5, 0.6) is 0 Å². The minimum absolute atomic E-state index is 0.0771. The second kappa shape index (κ2) is 5.02. The summed E-state index contributed by atoms with van der Waals surface area (Å²) >= 11 is 1.16. The van der Waals surface area contributed by atoms with Crippen molar-refractivity contribution in [3.63, 3.8) is 0 Å². The van der Waals surface area contributed by atoms with Gasteiger partial charge in [0, 0.05) is 11.9 Å². The molecule has 0 fully saturated rings. The fourth-order valence-corrected chi connectivity index (χ4v) is 2.77. The summed E-state index contributed by atoms with van der Waals surface area (Å²) in [5.41, 5.74) is 1.95. The fraction of sp³-hybridized carbons (Fsp3) is 0.0714. The zero-order chi connectivity index (χ0) is 15.0. The molecule has 1 amide bonds. The van der Waals surface area contributed by atoms with Crippen LogP contribution in [0.1, 0.15) is 26.5 Å². The van der Waals surface area contributed by atoms with E-state index >= 15 is 0 Å². The lowest BCUT2D eigenvalue weighted by Gasteiger charge is -2.01. The summed E-state index contributed by atoms with van der Waals surface area (Å²) in [6.45, 7) is 1.91. The zero-order valence-corrected chi connectivity index (χ0v) is 11.8. The lowest BCUT2D eigenvalue weighted by molar-refractivity contribution is 0.0698. The minimum Gasteiger partial charge on any atom is -0.478 e. The minimum atomic E-state index is -1.07. The second-order valence-electron chi connectivity index (χ2n) is 4.44. The molecule has 0 aliphatic heterocycles. The normalized spacial score (nSPS) is 10.7. The number of aryl methyl sites for hydroxylation is 1. The van der Waals surface area contributed by atoms with Gasteiger partial charge in [0.2, 0.25) is 0 Å². The highest BCUT2D eigenvalue weighted by molar-refractivity contribution is 7.14. The molecule has 0 saturated heterocycles. The molecule has 6 nitrogen and oxygen atoms in total. The number of rotatable bonds is 3. The zero-order valence-electron chi connectivity index (χ0n) is 11.0. The molecule has 3 aromatic heterocycles. The number of carboxylic acids is 1. The van der Waals surface area contributed by atoms with Crippen molar-refractivity contribution in [1.29, 1.82) is 0 Å². The van der Waals surface area contributed by atoms with Crippen molar-refractivity contribution in [2.45, 2.75) is 6.92 Å². The van der Waals surface area contributed by atoms with E-state index in [0.29, 0.717) is 10.6 Å². The van der Waals surface area contributed by atoms with Gasteiger partial charge in [-0.3, -0.25) is 4.79 Å². The van der Waals surface area contributed by atoms with Gasteiger partial charge in [-0.2, -0.15) is 0 Å². The highest BCUT2D eigenvalue weighted by Gasteiger charge is 2.17. The topological polar surface area (TPSA) is 83.7 Å². The Bertz CT molecular complexity index is 850. The van der Waals surface area contributed by atoms with E-state index in [0.717, 1.165) is 17.0 Å². The van der Waals surface area contributed by atoms with Crippen molar-refractivity contribution >= 4 is 33.9 Å². The molecule has 106 valence electrons. The number of carboxylic acid groups (broad SMARTS) is 1. The molecular formula is C14H11N3O3S. The average Bonchev–Trinajstić information content (AvgIpc) is 3.05. The van der Waals surface area contributed by atoms with Gasteiger partial charge < -0.3 is 14.8 Å². The maximum absolute atomic E-state index is 12.2. The molecule has 0 saturated carbocycles. The number of thiophene rings is 1. The van der Waals surface area contributed by atoms with Crippen LogP contribution in [0.25, 0.3) is 5.65 Å². The standard InChI is InChI=1S/C14H11N3O3S/c1-8-3-2-4-11-15-10(7-17(8)11)12(18)16-13-9(14(19)20)5-6-21-13/h2-7H,1H3,(H,16,18)(H,19,20). The van der Waals surface area contributed by atoms with E-state index in [1.165, 1.54) is 6.07 Å². The van der Waals surface area contributed by atoms with E-state index in [4.69, 9.17) is 5.11 Å². The molecular weight excluding hydrogens is 290 g/mol. The number of carbonyl (C=O) groups is 2. The van der Waals surface area contributed by atoms with E-state index in [9.17, 15) is 9.59 Å². The molecule has 0 aliphatic carbocycles. The number of amides is 1. The second-order valence-corrected chi connectivity index (χ2v) is 5.36. The van der Waals surface area contributed by atoms with Gasteiger partial charge in [-0.1, -0.05) is 6.07 Å². The molecule has 0 aromatic carbocycles. The third-order valence-corrected chi connectivity index (χ3v) is 3.88. The van der Waals surface area contributed by atoms with Crippen LogP contribution in [0, 0.1) is 6.92 Å². The van der Waals surface area contributed by atoms with Crippen LogP contribution in [-0.4, -0.2) is 26.4 Å². The lowest BCUT2D eigenvalue weighted by Crippen LogP contribution is -2.13. The highest BCUT2D eigenvalue weighted by Crippen LogP contribution is 2.23. The molecule has 3 aromatic rings. The van der Waals surface area contributed by atoms with Gasteiger partial charge in [0.05, 0.1) is 5.56 Å². The molecule has 0 radical (unpaired) electrons. The van der Waals surface area contributed by atoms with Crippen LogP contribution >= 0.6 is 11.3 Å². The monoisotopic (exact) mass is 301 g/mol. The third-order valence-electron chi connectivity index (χ3n) is 3.05. The summed E-state index contributed by atoms with van der Waals surface area (Å²) < 4.78 is 1.81. The molecule has 21 heavy (non-hydrogen) atoms. The Hall–Kier alpha value is -2.67. The number of anilines is 1. The molecule has 0 atom stereocenters. The van der Waals surface area contributed by atoms with E-state index in [1.807, 2.05) is 19.1 Å². The molecule has 0 unspecified atom stereocenters. The number of imidazole rings is 1. The Kier molecular flexibility index (Phi) is 3.19. The Morgan fingerprint density at radius 3 is 2.86 bits per heavy atom. The number of aromatic carboxylic acids is 1. The first-order chi connectivity index (χ1) is 10.1. The van der Waals surface area contributed by atoms with E-state index in [1.54, 1.807) is 22.0 Å². The number of fused-ring (bicyclic) bond motifs is 1. The molecule has 0 aliphatic rings. The molecule has 0 spiro atoms. The summed E-state index contributed by atoms with van der Waals surface area (Å²) in [6.07, 6.45) is 1.63. The molecule has 0 bridgehead atoms. The van der Waals surface area contributed by atoms with Crippen molar-refractivity contribution in [1.82, 2.24) is 9.38 Å². The van der Waals surface area contributed by atoms with Gasteiger partial charge in [0.1, 0.15) is 16.3 Å². The summed E-state index contributed by atoms with van der Waals surface area (Å²) in [6, 6.07) is 7.04. The maximum atomic E-state index is 12.2. The van der Waals surface area contributed by atoms with Crippen molar-refractivity contribution < 1.29 is 14.7 Å². The highest BCUT2D eigenvalue weighted by atomic mass is 32.1. The quantitative estimate of drug-likeness (QED) is 0.779. The molecule has 7 heteroatoms. The van der Waals surface area contributed by atoms with Gasteiger partial charge >= 0.3 is 5.97 Å². The Balaban J connectivity index is 1.92. The third kappa shape index (κ3) is 2.38. The van der Waals surface area contributed by atoms with Crippen molar-refractivity contribution in [3.05, 3.63) is 52.8 Å². The first-order valence-electron chi connectivity index (χ1n) is 6.13. The molecule has 3 heterocycles. The van der Waals surface area contributed by atoms with E-state index in [-0.39, 0.29) is 11.3 Å². The SMILES string of the molecule is Cc1cccc2nc(C(=O)Nc3sccc3C(=O)O)cn12. The van der Waals surface area contributed by atoms with Gasteiger partial charge in [-0.05, 0) is 30.5 Å². The number of nitrogens with zero attached hydrogens (tertiary/aromatic N) is 2. The molecule has 3 rings (SSSR count). The smallest absolute Gasteiger partial charge is 0.338 e. The number of hydrogen-bond acceptors (Lipinski definition) is 4. The fourth-order valence-electron chi connectivity index (χ4n) is 2.00. The van der Waals surface area contributed by atoms with Crippen LogP contribution in [0.4, 0.5) is 5.00 Å². The number of aromatic nitrogens is 2. The Morgan fingerprint density at radius 1 is 1.33 bits per heavy atom. The maximum Gasteiger partial charge on any atom is 0.338 e. The first kappa shape index (κ1) is 13.3. The van der Waals surface area contributed by atoms with Gasteiger partial charge in [-0.15, -0.1) is 11.3 Å². The van der Waals surface area contributed by atoms with Crippen molar-refractivity contribution in [2.24, 2.45) is 0 Å². The van der Waals surface area contributed by atoms with Crippen LogP contribution in [-0.2, 0) is 0 Å². The predicted molar refractivity (Wildman–Crippen MR) is 79.2 cm³/mol. The predicted octanol–water partition coefficient (Wildman–Crippen LogP) is 2.65. The van der Waals surface area contributed by atoms with E-state index in [2.05, 4.69) is 10.3 Å². The summed E-state index contributed by atoms with van der Waals surface area (Å²) in [4.78, 5) is 27.5. The first-order valence-corrected chi connectivity index (χ1v) is 7.01. The van der Waals surface area contributed by atoms with Gasteiger partial charge in [-0.25, -0.2) is 9.78 Å². The van der Waals surface area contributed by atoms with Crippen LogP contribution < -0.4 is 5.32 Å². The van der Waals surface area contributed by atoms with Crippen molar-refractivity contribution in [3.8, 4) is 0 Å². The summed E-state index contributed by atoms with van der Waals surface area (Å²) in [5, 5.41) is 13.5. The van der Waals surface area contributed by atoms with Gasteiger partial charge in [0.25, 0.3) is 5.91 Å². The number of carbonyl (C=O) groups excluding carboxylic acids is 1. The Labute approximate surface area is 123 Å². The number of hydrogen-bond donors (Lipinski definition) is 2. The lowest BCUT2D eigenvalue weighted by atomic mass is 10.3. The van der Waals surface area contributed by atoms with Crippen molar-refractivity contribution in [2.75, 3.05) is 5.32 Å². The van der Waals surface area contributed by atoms with Crippen LogP contribution in [0.15, 0.2) is 35.8 Å². The average molecular weight is 301 g/mol. The number of pyridine rings is 1. The summed E-state index contributed by atoms with van der Waals surface area (Å²) in [5.74, 6) is -1.50. The largest absolute Gasteiger partial charge is 0.478 e.